The number of nitrogens with two attached hydrogens (primary N) is 1. The van der Waals surface area contributed by atoms with Gasteiger partial charge in [-0.25, -0.2) is 5.90 Å². The van der Waals surface area contributed by atoms with Gasteiger partial charge in [-0.15, -0.1) is 11.6 Å². The first-order valence-corrected chi connectivity index (χ1v) is 2.61. The molecule has 0 aliphatic heterocycles. The minimum absolute atomic E-state index is 0.00926. The van der Waals surface area contributed by atoms with Gasteiger partial charge in [-0.05, 0) is 13.8 Å². The molecule has 2 N–H and O–H groups in total. The van der Waals surface area contributed by atoms with Crippen molar-refractivity contribution in [3.8, 4) is 0 Å². The second-order valence-corrected chi connectivity index (χ2v) is 2.21. The van der Waals surface area contributed by atoms with E-state index < -0.39 is 0 Å². The molecule has 7 heavy (non-hydrogen) atoms. The normalized spacial score (nSPS) is 18.9. The summed E-state index contributed by atoms with van der Waals surface area (Å²) in [6, 6.07) is 0. The minimum atomic E-state index is -0.0540. The zero-order valence-electron chi connectivity index (χ0n) is 4.52. The Morgan fingerprint density at radius 2 is 2.00 bits per heavy atom. The van der Waals surface area contributed by atoms with Crippen LogP contribution in [0.3, 0.4) is 0 Å². The third-order valence-corrected chi connectivity index (χ3v) is 1.22. The fourth-order valence-electron chi connectivity index (χ4n) is 0.108. The van der Waals surface area contributed by atoms with Gasteiger partial charge in [0.15, 0.2) is 0 Å². The largest absolute Gasteiger partial charge is 0.300 e. The Bertz CT molecular complexity index is 49.0. The van der Waals surface area contributed by atoms with Gasteiger partial charge < -0.3 is 4.84 Å². The molecule has 0 aromatic heterocycles. The Kier molecular flexibility index (Phi) is 3.34. The molecule has 0 aromatic rings. The summed E-state index contributed by atoms with van der Waals surface area (Å²) in [5.74, 6) is 4.79. The molecule has 0 amide bonds. The Morgan fingerprint density at radius 1 is 1.57 bits per heavy atom. The van der Waals surface area contributed by atoms with Crippen molar-refractivity contribution < 1.29 is 4.84 Å². The summed E-state index contributed by atoms with van der Waals surface area (Å²) in [7, 11) is 0. The fraction of sp³-hybridized carbons (Fsp3) is 1.00. The first-order chi connectivity index (χ1) is 3.18. The molecule has 0 saturated heterocycles. The Balaban J connectivity index is 3.14. The lowest BCUT2D eigenvalue weighted by Crippen LogP contribution is -2.21. The van der Waals surface area contributed by atoms with Gasteiger partial charge in [-0.3, -0.25) is 0 Å². The molecule has 0 bridgehead atoms. The molecule has 1 unspecified atom stereocenters. The predicted octanol–water partition coefficient (Wildman–Crippen LogP) is 0.893. The molecule has 2 nitrogen and oxygen atoms in total. The standard InChI is InChI=1S/C4H10ClNO/c1-3(5)4(2)7-6/h3-4H,6H2,1-2H3/t3?,4-/m1/s1. The lowest BCUT2D eigenvalue weighted by molar-refractivity contribution is 0.0667. The van der Waals surface area contributed by atoms with Crippen molar-refractivity contribution in [3.63, 3.8) is 0 Å². The lowest BCUT2D eigenvalue weighted by atomic mass is 10.3. The number of alkyl halides is 1. The first kappa shape index (κ1) is 7.21. The van der Waals surface area contributed by atoms with E-state index in [-0.39, 0.29) is 11.5 Å². The highest BCUT2D eigenvalue weighted by molar-refractivity contribution is 6.20. The number of rotatable bonds is 2. The summed E-state index contributed by atoms with van der Waals surface area (Å²) in [5, 5.41) is -0.00926. The molecule has 0 rings (SSSR count). The Morgan fingerprint density at radius 3 is 2.00 bits per heavy atom. The number of hydrogen-bond donors (Lipinski definition) is 1. The van der Waals surface area contributed by atoms with Gasteiger partial charge >= 0.3 is 0 Å². The second kappa shape index (κ2) is 3.24. The molecule has 0 aliphatic rings. The summed E-state index contributed by atoms with van der Waals surface area (Å²) in [6.45, 7) is 3.65. The van der Waals surface area contributed by atoms with Crippen molar-refractivity contribution in [1.82, 2.24) is 0 Å². The highest BCUT2D eigenvalue weighted by Gasteiger charge is 2.05. The second-order valence-electron chi connectivity index (χ2n) is 1.52. The number of halogens is 1. The molecule has 2 atom stereocenters. The topological polar surface area (TPSA) is 35.2 Å². The van der Waals surface area contributed by atoms with E-state index in [1.54, 1.807) is 0 Å². The summed E-state index contributed by atoms with van der Waals surface area (Å²) < 4.78 is 0. The first-order valence-electron chi connectivity index (χ1n) is 2.18. The molecule has 0 fully saturated rings. The lowest BCUT2D eigenvalue weighted by Gasteiger charge is -2.08. The van der Waals surface area contributed by atoms with E-state index in [9.17, 15) is 0 Å². The average molecular weight is 124 g/mol. The molecule has 0 aliphatic carbocycles. The molecule has 0 radical (unpaired) electrons. The van der Waals surface area contributed by atoms with Crippen molar-refractivity contribution in [2.75, 3.05) is 0 Å². The summed E-state index contributed by atoms with van der Waals surface area (Å²) in [6.07, 6.45) is -0.0540. The van der Waals surface area contributed by atoms with Crippen LogP contribution in [0.5, 0.6) is 0 Å². The Hall–Kier alpha value is 0.210. The van der Waals surface area contributed by atoms with Gasteiger partial charge in [0.25, 0.3) is 0 Å². The van der Waals surface area contributed by atoms with Crippen LogP contribution in [-0.4, -0.2) is 11.5 Å². The maximum absolute atomic E-state index is 5.52. The van der Waals surface area contributed by atoms with Gasteiger partial charge in [0.05, 0.1) is 11.5 Å². The van der Waals surface area contributed by atoms with Gasteiger partial charge in [0.2, 0.25) is 0 Å². The molecule has 3 heteroatoms. The molecule has 0 saturated carbocycles. The van der Waals surface area contributed by atoms with Gasteiger partial charge in [0, 0.05) is 0 Å². The Labute approximate surface area is 48.5 Å². The molecule has 0 spiro atoms. The van der Waals surface area contributed by atoms with Crippen LogP contribution < -0.4 is 5.90 Å². The van der Waals surface area contributed by atoms with Crippen LogP contribution in [0.25, 0.3) is 0 Å². The molecular formula is C4H10ClNO. The zero-order valence-corrected chi connectivity index (χ0v) is 5.27. The quantitative estimate of drug-likeness (QED) is 0.437. The van der Waals surface area contributed by atoms with Crippen molar-refractivity contribution in [2.24, 2.45) is 5.90 Å². The van der Waals surface area contributed by atoms with Gasteiger partial charge in [0.1, 0.15) is 0 Å². The SMILES string of the molecule is CC(Cl)[C@@H](C)ON. The van der Waals surface area contributed by atoms with Crippen molar-refractivity contribution in [2.45, 2.75) is 25.3 Å². The molecule has 0 heterocycles. The third-order valence-electron chi connectivity index (χ3n) is 0.861. The monoisotopic (exact) mass is 123 g/mol. The summed E-state index contributed by atoms with van der Waals surface area (Å²) in [4.78, 5) is 4.38. The highest BCUT2D eigenvalue weighted by atomic mass is 35.5. The van der Waals surface area contributed by atoms with Crippen LogP contribution in [0.2, 0.25) is 0 Å². The summed E-state index contributed by atoms with van der Waals surface area (Å²) in [5.41, 5.74) is 0. The van der Waals surface area contributed by atoms with Crippen LogP contribution in [0.1, 0.15) is 13.8 Å². The van der Waals surface area contributed by atoms with Crippen molar-refractivity contribution in [1.29, 1.82) is 0 Å². The van der Waals surface area contributed by atoms with E-state index >= 15 is 0 Å². The van der Waals surface area contributed by atoms with Crippen molar-refractivity contribution >= 4 is 11.6 Å². The van der Waals surface area contributed by atoms with Crippen LogP contribution in [0.4, 0.5) is 0 Å². The van der Waals surface area contributed by atoms with E-state index in [1.807, 2.05) is 13.8 Å². The van der Waals surface area contributed by atoms with Crippen LogP contribution >= 0.6 is 11.6 Å². The van der Waals surface area contributed by atoms with Crippen molar-refractivity contribution in [3.05, 3.63) is 0 Å². The average Bonchev–Trinajstić information content (AvgIpc) is 1.65. The minimum Gasteiger partial charge on any atom is -0.300 e. The smallest absolute Gasteiger partial charge is 0.0919 e. The van der Waals surface area contributed by atoms with E-state index in [2.05, 4.69) is 4.84 Å². The maximum Gasteiger partial charge on any atom is 0.0919 e. The third kappa shape index (κ3) is 2.85. The van der Waals surface area contributed by atoms with Gasteiger partial charge in [-0.1, -0.05) is 0 Å². The van der Waals surface area contributed by atoms with E-state index in [1.165, 1.54) is 0 Å². The predicted molar refractivity (Wildman–Crippen MR) is 30.0 cm³/mol. The maximum atomic E-state index is 5.52. The van der Waals surface area contributed by atoms with Crippen LogP contribution in [-0.2, 0) is 4.84 Å². The molecule has 0 aromatic carbocycles. The van der Waals surface area contributed by atoms with E-state index in [0.717, 1.165) is 0 Å². The molecular weight excluding hydrogens is 114 g/mol. The number of hydrogen-bond acceptors (Lipinski definition) is 2. The zero-order chi connectivity index (χ0) is 5.86. The summed E-state index contributed by atoms with van der Waals surface area (Å²) >= 11 is 5.52. The van der Waals surface area contributed by atoms with E-state index in [0.29, 0.717) is 0 Å². The van der Waals surface area contributed by atoms with E-state index in [4.69, 9.17) is 17.5 Å². The molecule has 44 valence electrons. The van der Waals surface area contributed by atoms with Crippen LogP contribution in [0, 0.1) is 0 Å². The van der Waals surface area contributed by atoms with Crippen LogP contribution in [0.15, 0.2) is 0 Å². The fourth-order valence-corrected chi connectivity index (χ4v) is 0.168. The van der Waals surface area contributed by atoms with Gasteiger partial charge in [-0.2, -0.15) is 0 Å². The highest BCUT2D eigenvalue weighted by Crippen LogP contribution is 2.01.